The van der Waals surface area contributed by atoms with Crippen LogP contribution in [-0.4, -0.2) is 45.9 Å². The molecule has 1 N–H and O–H groups in total. The summed E-state index contributed by atoms with van der Waals surface area (Å²) in [5, 5.41) is 12.4. The highest BCUT2D eigenvalue weighted by atomic mass is 32.2. The molecule has 0 spiro atoms. The Kier molecular flexibility index (Phi) is 6.00. The fraction of sp³-hybridized carbons (Fsp3) is 0.348. The molecule has 8 nitrogen and oxygen atoms in total. The number of thioether (sulfide) groups is 1. The summed E-state index contributed by atoms with van der Waals surface area (Å²) < 4.78 is 18.8. The Morgan fingerprint density at radius 2 is 2.00 bits per heavy atom. The number of aryl methyl sites for hydroxylation is 1. The largest absolute Gasteiger partial charge is 0.454 e. The normalized spacial score (nSPS) is 17.0. The van der Waals surface area contributed by atoms with Crippen LogP contribution < -0.4 is 14.8 Å². The van der Waals surface area contributed by atoms with E-state index in [2.05, 4.69) is 15.5 Å². The lowest BCUT2D eigenvalue weighted by molar-refractivity contribution is -0.113. The van der Waals surface area contributed by atoms with E-state index in [1.54, 1.807) is 0 Å². The number of nitrogens with one attached hydrogen (secondary N) is 1. The molecule has 3 heterocycles. The number of hydrogen-bond donors (Lipinski definition) is 1. The quantitative estimate of drug-likeness (QED) is 0.544. The van der Waals surface area contributed by atoms with Crippen molar-refractivity contribution in [1.29, 1.82) is 0 Å². The minimum atomic E-state index is -0.0878. The molecular weight excluding hydrogens is 428 g/mol. The second-order valence-corrected chi connectivity index (χ2v) is 8.77. The predicted octanol–water partition coefficient (Wildman–Crippen LogP) is 3.89. The number of carbonyl (C=O) groups is 1. The Bertz CT molecular complexity index is 1110. The van der Waals surface area contributed by atoms with E-state index in [1.807, 2.05) is 54.0 Å². The highest BCUT2D eigenvalue weighted by Gasteiger charge is 2.23. The summed E-state index contributed by atoms with van der Waals surface area (Å²) in [4.78, 5) is 12.5. The average molecular weight is 453 g/mol. The van der Waals surface area contributed by atoms with Crippen molar-refractivity contribution in [3.05, 3.63) is 48.0 Å². The molecule has 2 aliphatic heterocycles. The molecule has 0 saturated carbocycles. The molecule has 1 saturated heterocycles. The third-order valence-corrected chi connectivity index (χ3v) is 6.39. The molecule has 0 bridgehead atoms. The van der Waals surface area contributed by atoms with Crippen molar-refractivity contribution >= 4 is 23.4 Å². The van der Waals surface area contributed by atoms with Gasteiger partial charge < -0.3 is 19.5 Å². The van der Waals surface area contributed by atoms with Crippen molar-refractivity contribution in [2.75, 3.05) is 24.5 Å². The molecule has 1 atom stereocenters. The van der Waals surface area contributed by atoms with Crippen molar-refractivity contribution in [3.63, 3.8) is 0 Å². The number of ether oxygens (including phenoxy) is 3. The maximum Gasteiger partial charge on any atom is 0.234 e. The van der Waals surface area contributed by atoms with Crippen LogP contribution in [0.15, 0.2) is 47.6 Å². The Hall–Kier alpha value is -3.04. The average Bonchev–Trinajstić information content (AvgIpc) is 3.55. The number of fused-ring (bicyclic) bond motifs is 1. The Labute approximate surface area is 190 Å². The van der Waals surface area contributed by atoms with Crippen molar-refractivity contribution in [2.45, 2.75) is 37.6 Å². The minimum absolute atomic E-state index is 0.0878. The summed E-state index contributed by atoms with van der Waals surface area (Å²) in [6, 6.07) is 13.5. The van der Waals surface area contributed by atoms with Crippen LogP contribution in [0.25, 0.3) is 11.4 Å². The molecule has 5 rings (SSSR count). The molecule has 2 aromatic carbocycles. The van der Waals surface area contributed by atoms with Gasteiger partial charge in [-0.3, -0.25) is 9.36 Å². The molecule has 0 radical (unpaired) electrons. The van der Waals surface area contributed by atoms with Gasteiger partial charge in [-0.15, -0.1) is 10.2 Å². The Balaban J connectivity index is 1.34. The molecule has 9 heteroatoms. The Morgan fingerprint density at radius 1 is 1.16 bits per heavy atom. The van der Waals surface area contributed by atoms with Crippen LogP contribution in [0, 0.1) is 6.92 Å². The number of hydrogen-bond acceptors (Lipinski definition) is 7. The summed E-state index contributed by atoms with van der Waals surface area (Å²) in [6.45, 7) is 3.64. The van der Waals surface area contributed by atoms with Crippen molar-refractivity contribution in [2.24, 2.45) is 0 Å². The van der Waals surface area contributed by atoms with Gasteiger partial charge in [-0.2, -0.15) is 0 Å². The number of amides is 1. The lowest BCUT2D eigenvalue weighted by atomic mass is 10.2. The molecule has 1 amide bonds. The van der Waals surface area contributed by atoms with E-state index in [0.717, 1.165) is 47.8 Å². The second-order valence-electron chi connectivity index (χ2n) is 7.82. The molecule has 1 unspecified atom stereocenters. The van der Waals surface area contributed by atoms with Crippen LogP contribution in [0.2, 0.25) is 0 Å². The number of anilines is 1. The van der Waals surface area contributed by atoms with Gasteiger partial charge in [-0.1, -0.05) is 29.5 Å². The number of nitrogens with zero attached hydrogens (tertiary/aromatic N) is 3. The first-order valence-corrected chi connectivity index (χ1v) is 11.6. The molecule has 32 heavy (non-hydrogen) atoms. The number of carbonyl (C=O) groups excluding carboxylic acids is 1. The zero-order valence-corrected chi connectivity index (χ0v) is 18.6. The molecule has 166 valence electrons. The van der Waals surface area contributed by atoms with Crippen LogP contribution in [0.1, 0.15) is 18.4 Å². The van der Waals surface area contributed by atoms with Gasteiger partial charge in [0.15, 0.2) is 22.5 Å². The summed E-state index contributed by atoms with van der Waals surface area (Å²) in [7, 11) is 0. The topological polar surface area (TPSA) is 87.5 Å². The summed E-state index contributed by atoms with van der Waals surface area (Å²) in [6.07, 6.45) is 2.16. The van der Waals surface area contributed by atoms with E-state index in [-0.39, 0.29) is 24.6 Å². The standard InChI is InChI=1S/C23H24N4O4S/c1-15-4-7-17(8-5-15)24-21(28)13-32-23-26-25-22(27(23)12-18-3-2-10-29-18)16-6-9-19-20(11-16)31-14-30-19/h4-9,11,18H,2-3,10,12-14H2,1H3,(H,24,28). The van der Waals surface area contributed by atoms with Crippen LogP contribution >= 0.6 is 11.8 Å². The Morgan fingerprint density at radius 3 is 2.81 bits per heavy atom. The lowest BCUT2D eigenvalue weighted by Crippen LogP contribution is -2.18. The summed E-state index contributed by atoms with van der Waals surface area (Å²) >= 11 is 1.37. The highest BCUT2D eigenvalue weighted by Crippen LogP contribution is 2.36. The van der Waals surface area contributed by atoms with Crippen LogP contribution in [0.4, 0.5) is 5.69 Å². The van der Waals surface area contributed by atoms with Gasteiger partial charge in [0, 0.05) is 17.9 Å². The SMILES string of the molecule is Cc1ccc(NC(=O)CSc2nnc(-c3ccc4c(c3)OCO4)n2CC2CCCO2)cc1. The van der Waals surface area contributed by atoms with E-state index in [0.29, 0.717) is 17.5 Å². The zero-order chi connectivity index (χ0) is 21.9. The first-order chi connectivity index (χ1) is 15.7. The van der Waals surface area contributed by atoms with Crippen molar-refractivity contribution in [1.82, 2.24) is 14.8 Å². The first kappa shape index (κ1) is 20.8. The number of aromatic nitrogens is 3. The third-order valence-electron chi connectivity index (χ3n) is 5.43. The fourth-order valence-electron chi connectivity index (χ4n) is 3.77. The highest BCUT2D eigenvalue weighted by molar-refractivity contribution is 7.99. The van der Waals surface area contributed by atoms with Crippen LogP contribution in [-0.2, 0) is 16.1 Å². The minimum Gasteiger partial charge on any atom is -0.454 e. The van der Waals surface area contributed by atoms with Gasteiger partial charge in [0.2, 0.25) is 12.7 Å². The van der Waals surface area contributed by atoms with E-state index in [1.165, 1.54) is 11.8 Å². The second kappa shape index (κ2) is 9.22. The molecular formula is C23H24N4O4S. The lowest BCUT2D eigenvalue weighted by Gasteiger charge is -2.15. The van der Waals surface area contributed by atoms with Gasteiger partial charge in [-0.05, 0) is 50.1 Å². The van der Waals surface area contributed by atoms with E-state index in [4.69, 9.17) is 14.2 Å². The monoisotopic (exact) mass is 452 g/mol. The van der Waals surface area contributed by atoms with E-state index in [9.17, 15) is 4.79 Å². The van der Waals surface area contributed by atoms with Gasteiger partial charge in [0.1, 0.15) is 0 Å². The van der Waals surface area contributed by atoms with Gasteiger partial charge in [0.05, 0.1) is 18.4 Å². The van der Waals surface area contributed by atoms with Gasteiger partial charge in [0.25, 0.3) is 0 Å². The summed E-state index contributed by atoms with van der Waals surface area (Å²) in [5.74, 6) is 2.29. The van der Waals surface area contributed by atoms with Crippen molar-refractivity contribution < 1.29 is 19.0 Å². The number of benzene rings is 2. The molecule has 0 aliphatic carbocycles. The van der Waals surface area contributed by atoms with E-state index >= 15 is 0 Å². The molecule has 3 aromatic rings. The maximum absolute atomic E-state index is 12.5. The smallest absolute Gasteiger partial charge is 0.234 e. The zero-order valence-electron chi connectivity index (χ0n) is 17.7. The maximum atomic E-state index is 12.5. The van der Waals surface area contributed by atoms with E-state index < -0.39 is 0 Å². The van der Waals surface area contributed by atoms with Gasteiger partial charge >= 0.3 is 0 Å². The van der Waals surface area contributed by atoms with Crippen LogP contribution in [0.5, 0.6) is 11.5 Å². The molecule has 1 fully saturated rings. The molecule has 2 aliphatic rings. The molecule has 1 aromatic heterocycles. The summed E-state index contributed by atoms with van der Waals surface area (Å²) in [5.41, 5.74) is 2.81. The fourth-order valence-corrected chi connectivity index (χ4v) is 4.51. The third kappa shape index (κ3) is 4.58. The predicted molar refractivity (Wildman–Crippen MR) is 121 cm³/mol. The first-order valence-electron chi connectivity index (χ1n) is 10.6. The van der Waals surface area contributed by atoms with Gasteiger partial charge in [-0.25, -0.2) is 0 Å². The van der Waals surface area contributed by atoms with Crippen molar-refractivity contribution in [3.8, 4) is 22.9 Å². The van der Waals surface area contributed by atoms with Crippen LogP contribution in [0.3, 0.4) is 0 Å². The number of rotatable bonds is 7.